The van der Waals surface area contributed by atoms with Crippen LogP contribution >= 0.6 is 11.3 Å². The molecule has 0 spiro atoms. The highest BCUT2D eigenvalue weighted by Crippen LogP contribution is 2.31. The summed E-state index contributed by atoms with van der Waals surface area (Å²) in [6, 6.07) is 6.25. The number of nitrogens with zero attached hydrogens (tertiary/aromatic N) is 2. The lowest BCUT2D eigenvalue weighted by molar-refractivity contribution is 0.0702. The molecule has 0 saturated carbocycles. The molecule has 0 fully saturated rings. The number of benzene rings is 1. The number of carboxylic acid groups (broad SMARTS) is 1. The van der Waals surface area contributed by atoms with Crippen LogP contribution in [-0.4, -0.2) is 25.8 Å². The van der Waals surface area contributed by atoms with E-state index in [1.807, 2.05) is 0 Å². The van der Waals surface area contributed by atoms with Gasteiger partial charge in [0.15, 0.2) is 11.6 Å². The Morgan fingerprint density at radius 3 is 2.62 bits per heavy atom. The van der Waals surface area contributed by atoms with Gasteiger partial charge in [-0.25, -0.2) is 18.3 Å². The molecule has 2 N–H and O–H groups in total. The summed E-state index contributed by atoms with van der Waals surface area (Å²) >= 11 is 0.969. The van der Waals surface area contributed by atoms with E-state index in [0.29, 0.717) is 5.56 Å². The topological polar surface area (TPSA) is 88.0 Å². The highest BCUT2D eigenvalue weighted by molar-refractivity contribution is 7.12. The number of thiophene rings is 1. The minimum absolute atomic E-state index is 0.0622. The average molecular weight is 373 g/mol. The summed E-state index contributed by atoms with van der Waals surface area (Å²) in [5, 5.41) is 14.9. The van der Waals surface area contributed by atoms with E-state index >= 15 is 0 Å². The van der Waals surface area contributed by atoms with E-state index in [-0.39, 0.29) is 21.5 Å². The molecule has 4 rings (SSSR count). The quantitative estimate of drug-likeness (QED) is 0.576. The van der Waals surface area contributed by atoms with Crippen molar-refractivity contribution in [2.24, 2.45) is 0 Å². The summed E-state index contributed by atoms with van der Waals surface area (Å²) < 4.78 is 29.5. The van der Waals surface area contributed by atoms with Crippen LogP contribution < -0.4 is 5.56 Å². The van der Waals surface area contributed by atoms with Crippen molar-refractivity contribution in [3.8, 4) is 16.9 Å². The predicted molar refractivity (Wildman–Crippen MR) is 91.9 cm³/mol. The first kappa shape index (κ1) is 16.2. The van der Waals surface area contributed by atoms with Crippen molar-refractivity contribution >= 4 is 28.2 Å². The van der Waals surface area contributed by atoms with Gasteiger partial charge < -0.3 is 10.1 Å². The van der Waals surface area contributed by atoms with Gasteiger partial charge in [-0.3, -0.25) is 4.79 Å². The average Bonchev–Trinajstić information content (AvgIpc) is 3.21. The van der Waals surface area contributed by atoms with Gasteiger partial charge in [-0.05, 0) is 24.3 Å². The van der Waals surface area contributed by atoms with Crippen LogP contribution in [0.2, 0.25) is 0 Å². The molecule has 3 aromatic heterocycles. The van der Waals surface area contributed by atoms with Gasteiger partial charge in [0.25, 0.3) is 5.56 Å². The Labute approximate surface area is 148 Å². The van der Waals surface area contributed by atoms with Crippen molar-refractivity contribution in [2.45, 2.75) is 0 Å². The van der Waals surface area contributed by atoms with E-state index in [1.165, 1.54) is 29.8 Å². The molecular weight excluding hydrogens is 364 g/mol. The SMILES string of the molecule is O=C(O)c1cc(-c2nn(-c3c(F)cccc3F)c3cc[nH]c(=O)c23)cs1. The number of hydrogen-bond donors (Lipinski definition) is 2. The fourth-order valence-corrected chi connectivity index (χ4v) is 3.44. The Hall–Kier alpha value is -3.33. The number of fused-ring (bicyclic) bond motifs is 1. The largest absolute Gasteiger partial charge is 0.477 e. The zero-order valence-corrected chi connectivity index (χ0v) is 13.7. The normalized spacial score (nSPS) is 11.2. The van der Waals surface area contributed by atoms with Gasteiger partial charge >= 0.3 is 5.97 Å². The Kier molecular flexibility index (Phi) is 3.66. The number of hydrogen-bond acceptors (Lipinski definition) is 4. The van der Waals surface area contributed by atoms with E-state index in [0.717, 1.165) is 28.2 Å². The molecule has 0 radical (unpaired) electrons. The number of carboxylic acids is 1. The third-order valence-electron chi connectivity index (χ3n) is 3.84. The summed E-state index contributed by atoms with van der Waals surface area (Å²) in [5.41, 5.74) is -0.180. The fourth-order valence-electron chi connectivity index (χ4n) is 2.71. The number of aromatic amines is 1. The van der Waals surface area contributed by atoms with Crippen LogP contribution in [0.15, 0.2) is 46.7 Å². The van der Waals surface area contributed by atoms with Gasteiger partial charge in [-0.1, -0.05) is 6.07 Å². The molecular formula is C17H9F2N3O3S. The molecule has 130 valence electrons. The van der Waals surface area contributed by atoms with E-state index in [4.69, 9.17) is 5.11 Å². The molecule has 0 saturated heterocycles. The molecule has 4 aromatic rings. The molecule has 0 amide bonds. The monoisotopic (exact) mass is 373 g/mol. The van der Waals surface area contributed by atoms with Crippen LogP contribution in [0.25, 0.3) is 27.8 Å². The third-order valence-corrected chi connectivity index (χ3v) is 4.76. The van der Waals surface area contributed by atoms with Gasteiger partial charge in [0.05, 0.1) is 10.9 Å². The number of nitrogens with one attached hydrogen (secondary N) is 1. The summed E-state index contributed by atoms with van der Waals surface area (Å²) in [6.07, 6.45) is 1.35. The zero-order chi connectivity index (χ0) is 18.4. The number of aromatic carboxylic acids is 1. The second-order valence-electron chi connectivity index (χ2n) is 5.40. The lowest BCUT2D eigenvalue weighted by Crippen LogP contribution is -2.06. The van der Waals surface area contributed by atoms with Crippen molar-refractivity contribution in [1.29, 1.82) is 0 Å². The molecule has 26 heavy (non-hydrogen) atoms. The van der Waals surface area contributed by atoms with E-state index in [1.54, 1.807) is 0 Å². The van der Waals surface area contributed by atoms with E-state index < -0.39 is 28.9 Å². The zero-order valence-electron chi connectivity index (χ0n) is 12.9. The first-order chi connectivity index (χ1) is 12.5. The van der Waals surface area contributed by atoms with Crippen LogP contribution in [0.3, 0.4) is 0 Å². The smallest absolute Gasteiger partial charge is 0.345 e. The van der Waals surface area contributed by atoms with Gasteiger partial charge in [0.2, 0.25) is 0 Å². The standard InChI is InChI=1S/C17H9F2N3O3S/c18-9-2-1-3-10(19)15(9)22-11-4-5-20-16(23)13(11)14(21-22)8-6-12(17(24)25)26-7-8/h1-7H,(H,20,23)(H,24,25). The molecule has 0 aliphatic heterocycles. The van der Waals surface area contributed by atoms with Gasteiger partial charge in [0.1, 0.15) is 16.3 Å². The predicted octanol–water partition coefficient (Wildman–Crippen LogP) is 3.42. The molecule has 3 heterocycles. The summed E-state index contributed by atoms with van der Waals surface area (Å²) in [7, 11) is 0. The Morgan fingerprint density at radius 1 is 1.23 bits per heavy atom. The summed E-state index contributed by atoms with van der Waals surface area (Å²) in [6.45, 7) is 0. The molecule has 6 nitrogen and oxygen atoms in total. The minimum Gasteiger partial charge on any atom is -0.477 e. The second-order valence-corrected chi connectivity index (χ2v) is 6.31. The summed E-state index contributed by atoms with van der Waals surface area (Å²) in [5.74, 6) is -2.78. The Morgan fingerprint density at radius 2 is 1.96 bits per heavy atom. The van der Waals surface area contributed by atoms with E-state index in [9.17, 15) is 18.4 Å². The highest BCUT2D eigenvalue weighted by Gasteiger charge is 2.21. The molecule has 0 unspecified atom stereocenters. The molecule has 0 atom stereocenters. The molecule has 1 aromatic carbocycles. The van der Waals surface area contributed by atoms with Crippen LogP contribution in [0.1, 0.15) is 9.67 Å². The van der Waals surface area contributed by atoms with Crippen LogP contribution in [0.5, 0.6) is 0 Å². The molecule has 0 bridgehead atoms. The second kappa shape index (κ2) is 5.88. The maximum absolute atomic E-state index is 14.2. The minimum atomic E-state index is -1.11. The lowest BCUT2D eigenvalue weighted by atomic mass is 10.1. The molecule has 9 heteroatoms. The number of aromatic nitrogens is 3. The number of pyridine rings is 1. The van der Waals surface area contributed by atoms with Gasteiger partial charge in [-0.15, -0.1) is 11.3 Å². The van der Waals surface area contributed by atoms with Crippen molar-refractivity contribution in [1.82, 2.24) is 14.8 Å². The first-order valence-corrected chi connectivity index (χ1v) is 8.22. The van der Waals surface area contributed by atoms with Gasteiger partial charge in [-0.2, -0.15) is 5.10 Å². The molecule has 0 aliphatic carbocycles. The maximum Gasteiger partial charge on any atom is 0.345 e. The highest BCUT2D eigenvalue weighted by atomic mass is 32.1. The van der Waals surface area contributed by atoms with Crippen molar-refractivity contribution in [3.05, 3.63) is 68.8 Å². The number of para-hydroxylation sites is 1. The van der Waals surface area contributed by atoms with Gasteiger partial charge in [0, 0.05) is 17.1 Å². The van der Waals surface area contributed by atoms with Crippen molar-refractivity contribution in [3.63, 3.8) is 0 Å². The number of halogens is 2. The van der Waals surface area contributed by atoms with E-state index in [2.05, 4.69) is 10.1 Å². The van der Waals surface area contributed by atoms with Crippen LogP contribution in [0, 0.1) is 11.6 Å². The fraction of sp³-hybridized carbons (Fsp3) is 0. The number of rotatable bonds is 3. The number of H-pyrrole nitrogens is 1. The Balaban J connectivity index is 2.07. The Bertz CT molecular complexity index is 1210. The maximum atomic E-state index is 14.2. The first-order valence-electron chi connectivity index (χ1n) is 7.34. The van der Waals surface area contributed by atoms with Crippen LogP contribution in [-0.2, 0) is 0 Å². The van der Waals surface area contributed by atoms with Crippen molar-refractivity contribution in [2.75, 3.05) is 0 Å². The van der Waals surface area contributed by atoms with Crippen molar-refractivity contribution < 1.29 is 18.7 Å². The lowest BCUT2D eigenvalue weighted by Gasteiger charge is -2.05. The van der Waals surface area contributed by atoms with Crippen LogP contribution in [0.4, 0.5) is 8.78 Å². The third kappa shape index (κ3) is 2.40. The number of carbonyl (C=O) groups is 1. The summed E-state index contributed by atoms with van der Waals surface area (Å²) in [4.78, 5) is 26.0. The molecule has 0 aliphatic rings.